The van der Waals surface area contributed by atoms with Crippen molar-refractivity contribution < 1.29 is 9.90 Å². The second kappa shape index (κ2) is 7.65. The number of carbonyl (C=O) groups excluding carboxylic acids is 1. The maximum atomic E-state index is 12.5. The van der Waals surface area contributed by atoms with Crippen molar-refractivity contribution in [2.45, 2.75) is 32.6 Å². The first kappa shape index (κ1) is 17.4. The van der Waals surface area contributed by atoms with Crippen molar-refractivity contribution in [3.05, 3.63) is 39.8 Å². The van der Waals surface area contributed by atoms with Crippen molar-refractivity contribution in [1.29, 1.82) is 0 Å². The molecule has 7 heteroatoms. The van der Waals surface area contributed by atoms with E-state index in [2.05, 4.69) is 15.2 Å². The minimum Gasteiger partial charge on any atom is -0.493 e. The summed E-state index contributed by atoms with van der Waals surface area (Å²) in [6, 6.07) is 3.50. The summed E-state index contributed by atoms with van der Waals surface area (Å²) in [6.07, 6.45) is 6.13. The van der Waals surface area contributed by atoms with Crippen LogP contribution >= 0.6 is 0 Å². The highest BCUT2D eigenvalue weighted by atomic mass is 16.3. The Balaban J connectivity index is 1.66. The van der Waals surface area contributed by atoms with E-state index in [1.165, 1.54) is 23.7 Å². The molecule has 0 unspecified atom stereocenters. The number of likely N-dealkylation sites (tertiary alicyclic amines) is 1. The molecular formula is C18H24N4O3. The number of piperidine rings is 1. The van der Waals surface area contributed by atoms with Crippen molar-refractivity contribution in [3.8, 4) is 5.88 Å². The average molecular weight is 344 g/mol. The molecule has 0 saturated carbocycles. The van der Waals surface area contributed by atoms with Gasteiger partial charge in [-0.1, -0.05) is 12.5 Å². The number of rotatable bonds is 5. The van der Waals surface area contributed by atoms with Gasteiger partial charge in [-0.3, -0.25) is 14.0 Å². The summed E-state index contributed by atoms with van der Waals surface area (Å²) in [5, 5.41) is 12.8. The molecule has 2 aromatic heterocycles. The number of nitrogens with zero attached hydrogens (tertiary/aromatic N) is 3. The number of aromatic nitrogens is 2. The third kappa shape index (κ3) is 3.82. The summed E-state index contributed by atoms with van der Waals surface area (Å²) in [5.74, 6) is -1.10. The first-order valence-electron chi connectivity index (χ1n) is 8.79. The zero-order valence-corrected chi connectivity index (χ0v) is 14.5. The molecule has 25 heavy (non-hydrogen) atoms. The van der Waals surface area contributed by atoms with Gasteiger partial charge in [0, 0.05) is 12.7 Å². The Kier molecular flexibility index (Phi) is 5.33. The van der Waals surface area contributed by atoms with Crippen molar-refractivity contribution in [2.75, 3.05) is 26.2 Å². The molecular weight excluding hydrogens is 320 g/mol. The van der Waals surface area contributed by atoms with E-state index in [1.54, 1.807) is 25.3 Å². The molecule has 0 bridgehead atoms. The van der Waals surface area contributed by atoms with Gasteiger partial charge in [-0.2, -0.15) is 4.98 Å². The summed E-state index contributed by atoms with van der Waals surface area (Å²) in [4.78, 5) is 31.2. The molecule has 1 fully saturated rings. The third-order valence-corrected chi connectivity index (χ3v) is 4.64. The molecule has 1 amide bonds. The first-order chi connectivity index (χ1) is 12.1. The van der Waals surface area contributed by atoms with Gasteiger partial charge >= 0.3 is 0 Å². The second-order valence-electron chi connectivity index (χ2n) is 6.51. The summed E-state index contributed by atoms with van der Waals surface area (Å²) in [5.41, 5.74) is 0.246. The number of hydrogen-bond donors (Lipinski definition) is 2. The van der Waals surface area contributed by atoms with E-state index in [0.717, 1.165) is 31.6 Å². The molecule has 0 radical (unpaired) electrons. The SMILES string of the molecule is Cc1cccn2c(=O)c(C(=O)NCCCN3CCCCC3)c(O)nc12. The lowest BCUT2D eigenvalue weighted by molar-refractivity contribution is 0.0946. The van der Waals surface area contributed by atoms with E-state index >= 15 is 0 Å². The van der Waals surface area contributed by atoms with Crippen molar-refractivity contribution in [2.24, 2.45) is 0 Å². The fourth-order valence-corrected chi connectivity index (χ4v) is 3.26. The molecule has 7 nitrogen and oxygen atoms in total. The molecule has 0 aliphatic carbocycles. The lowest BCUT2D eigenvalue weighted by Crippen LogP contribution is -2.35. The van der Waals surface area contributed by atoms with Gasteiger partial charge in [-0.05, 0) is 57.5 Å². The van der Waals surface area contributed by atoms with Crippen LogP contribution in [0.1, 0.15) is 41.6 Å². The molecule has 2 aromatic rings. The van der Waals surface area contributed by atoms with Crippen LogP contribution in [0, 0.1) is 6.92 Å². The predicted molar refractivity (Wildman–Crippen MR) is 95.1 cm³/mol. The number of nitrogens with one attached hydrogen (secondary N) is 1. The lowest BCUT2D eigenvalue weighted by atomic mass is 10.1. The summed E-state index contributed by atoms with van der Waals surface area (Å²) in [7, 11) is 0. The largest absolute Gasteiger partial charge is 0.493 e. The number of amides is 1. The van der Waals surface area contributed by atoms with E-state index in [0.29, 0.717) is 12.2 Å². The minimum absolute atomic E-state index is 0.305. The van der Waals surface area contributed by atoms with E-state index < -0.39 is 17.3 Å². The molecule has 1 saturated heterocycles. The van der Waals surface area contributed by atoms with E-state index in [9.17, 15) is 14.7 Å². The van der Waals surface area contributed by atoms with E-state index in [-0.39, 0.29) is 5.56 Å². The summed E-state index contributed by atoms with van der Waals surface area (Å²) >= 11 is 0. The van der Waals surface area contributed by atoms with E-state index in [1.807, 2.05) is 0 Å². The van der Waals surface area contributed by atoms with Gasteiger partial charge in [-0.25, -0.2) is 0 Å². The van der Waals surface area contributed by atoms with Gasteiger partial charge in [0.2, 0.25) is 5.88 Å². The number of hydrogen-bond acceptors (Lipinski definition) is 5. The Morgan fingerprint density at radius 3 is 2.84 bits per heavy atom. The van der Waals surface area contributed by atoms with Crippen LogP contribution in [-0.4, -0.2) is 51.5 Å². The third-order valence-electron chi connectivity index (χ3n) is 4.64. The van der Waals surface area contributed by atoms with Crippen molar-refractivity contribution in [3.63, 3.8) is 0 Å². The number of aryl methyl sites for hydroxylation is 1. The molecule has 3 rings (SSSR count). The molecule has 3 heterocycles. The van der Waals surface area contributed by atoms with Gasteiger partial charge in [0.25, 0.3) is 11.5 Å². The fourth-order valence-electron chi connectivity index (χ4n) is 3.26. The van der Waals surface area contributed by atoms with Gasteiger partial charge in [-0.15, -0.1) is 0 Å². The Hall–Kier alpha value is -2.41. The predicted octanol–water partition coefficient (Wildman–Crippen LogP) is 1.31. The average Bonchev–Trinajstić information content (AvgIpc) is 2.61. The molecule has 134 valence electrons. The van der Waals surface area contributed by atoms with Crippen molar-refractivity contribution >= 4 is 11.6 Å². The maximum absolute atomic E-state index is 12.5. The smallest absolute Gasteiger partial charge is 0.274 e. The maximum Gasteiger partial charge on any atom is 0.274 e. The van der Waals surface area contributed by atoms with Gasteiger partial charge in [0.1, 0.15) is 5.65 Å². The Morgan fingerprint density at radius 2 is 2.08 bits per heavy atom. The second-order valence-corrected chi connectivity index (χ2v) is 6.51. The Bertz CT molecular complexity index is 825. The summed E-state index contributed by atoms with van der Waals surface area (Å²) in [6.45, 7) is 5.42. The van der Waals surface area contributed by atoms with Crippen LogP contribution in [0.4, 0.5) is 0 Å². The molecule has 1 aliphatic heterocycles. The first-order valence-corrected chi connectivity index (χ1v) is 8.79. The zero-order valence-electron chi connectivity index (χ0n) is 14.5. The highest BCUT2D eigenvalue weighted by Gasteiger charge is 2.20. The molecule has 2 N–H and O–H groups in total. The quantitative estimate of drug-likeness (QED) is 0.799. The zero-order chi connectivity index (χ0) is 17.8. The van der Waals surface area contributed by atoms with Crippen molar-refractivity contribution in [1.82, 2.24) is 19.6 Å². The number of pyridine rings is 1. The van der Waals surface area contributed by atoms with Crippen LogP contribution in [0.25, 0.3) is 5.65 Å². The fraction of sp³-hybridized carbons (Fsp3) is 0.500. The number of carbonyl (C=O) groups is 1. The summed E-state index contributed by atoms with van der Waals surface area (Å²) < 4.78 is 1.29. The molecule has 1 aliphatic rings. The van der Waals surface area contributed by atoms with Gasteiger partial charge in [0.05, 0.1) is 0 Å². The normalized spacial score (nSPS) is 15.4. The van der Waals surface area contributed by atoms with Crippen LogP contribution in [0.15, 0.2) is 23.1 Å². The topological polar surface area (TPSA) is 86.9 Å². The van der Waals surface area contributed by atoms with Crippen LogP contribution in [0.3, 0.4) is 0 Å². The van der Waals surface area contributed by atoms with Gasteiger partial charge < -0.3 is 15.3 Å². The van der Waals surface area contributed by atoms with Crippen LogP contribution in [-0.2, 0) is 0 Å². The Labute approximate surface area is 146 Å². The van der Waals surface area contributed by atoms with Crippen LogP contribution < -0.4 is 10.9 Å². The van der Waals surface area contributed by atoms with Crippen LogP contribution in [0.2, 0.25) is 0 Å². The standard InChI is InChI=1S/C18H24N4O3/c1-13-7-5-12-22-15(13)20-17(24)14(18(22)25)16(23)19-8-6-11-21-9-3-2-4-10-21/h5,7,12,24H,2-4,6,8-11H2,1H3,(H,19,23). The molecule has 0 spiro atoms. The highest BCUT2D eigenvalue weighted by molar-refractivity contribution is 5.96. The lowest BCUT2D eigenvalue weighted by Gasteiger charge is -2.26. The van der Waals surface area contributed by atoms with E-state index in [4.69, 9.17) is 0 Å². The molecule has 0 aromatic carbocycles. The number of fused-ring (bicyclic) bond motifs is 1. The van der Waals surface area contributed by atoms with Gasteiger partial charge in [0.15, 0.2) is 5.56 Å². The van der Waals surface area contributed by atoms with Crippen LogP contribution in [0.5, 0.6) is 5.88 Å². The Morgan fingerprint density at radius 1 is 1.32 bits per heavy atom. The highest BCUT2D eigenvalue weighted by Crippen LogP contribution is 2.13. The minimum atomic E-state index is -0.579. The number of aromatic hydroxyl groups is 1. The monoisotopic (exact) mass is 344 g/mol. The molecule has 0 atom stereocenters.